The van der Waals surface area contributed by atoms with Crippen LogP contribution in [0.5, 0.6) is 0 Å². The summed E-state index contributed by atoms with van der Waals surface area (Å²) < 4.78 is 3.14. The minimum absolute atomic E-state index is 0.0423. The summed E-state index contributed by atoms with van der Waals surface area (Å²) in [5.74, 6) is 0. The number of aryl methyl sites for hydroxylation is 2. The van der Waals surface area contributed by atoms with E-state index < -0.39 is 0 Å². The van der Waals surface area contributed by atoms with Crippen molar-refractivity contribution in [3.63, 3.8) is 0 Å². The Kier molecular flexibility index (Phi) is 2.85. The van der Waals surface area contributed by atoms with Crippen LogP contribution >= 0.6 is 0 Å². The van der Waals surface area contributed by atoms with Gasteiger partial charge in [0.1, 0.15) is 6.29 Å². The molecule has 12 heavy (non-hydrogen) atoms. The minimum atomic E-state index is -0.0423. The molecule has 0 fully saturated rings. The van der Waals surface area contributed by atoms with Gasteiger partial charge in [-0.05, 0) is 6.92 Å². The van der Waals surface area contributed by atoms with Crippen LogP contribution in [0.2, 0.25) is 0 Å². The molecule has 66 valence electrons. The molecular weight excluding hydrogens is 156 g/mol. The predicted molar refractivity (Wildman–Crippen MR) is 45.0 cm³/mol. The third-order valence-electron chi connectivity index (χ3n) is 1.75. The lowest BCUT2D eigenvalue weighted by molar-refractivity contribution is -0.108. The van der Waals surface area contributed by atoms with Crippen LogP contribution in [0.1, 0.15) is 13.3 Å². The van der Waals surface area contributed by atoms with Gasteiger partial charge in [-0.3, -0.25) is 9.13 Å². The number of carbonyl (C=O) groups is 1. The first kappa shape index (κ1) is 8.77. The molecule has 0 aliphatic carbocycles. The minimum Gasteiger partial charge on any atom is -0.303 e. The third-order valence-corrected chi connectivity index (χ3v) is 1.75. The first-order valence-corrected chi connectivity index (χ1v) is 3.98. The molecule has 0 aromatic carbocycles. The van der Waals surface area contributed by atoms with Gasteiger partial charge in [-0.1, -0.05) is 0 Å². The second kappa shape index (κ2) is 3.90. The molecule has 4 nitrogen and oxygen atoms in total. The van der Waals surface area contributed by atoms with Gasteiger partial charge >= 0.3 is 5.69 Å². The predicted octanol–water partition coefficient (Wildman–Crippen LogP) is 0.259. The summed E-state index contributed by atoms with van der Waals surface area (Å²) in [5.41, 5.74) is -0.0423. The van der Waals surface area contributed by atoms with Crippen LogP contribution in [0.25, 0.3) is 0 Å². The zero-order valence-corrected chi connectivity index (χ0v) is 7.06. The highest BCUT2D eigenvalue weighted by molar-refractivity contribution is 5.48. The fourth-order valence-corrected chi connectivity index (χ4v) is 1.06. The summed E-state index contributed by atoms with van der Waals surface area (Å²) in [4.78, 5) is 21.4. The van der Waals surface area contributed by atoms with Crippen molar-refractivity contribution in [2.45, 2.75) is 26.4 Å². The van der Waals surface area contributed by atoms with Gasteiger partial charge in [-0.15, -0.1) is 0 Å². The normalized spacial score (nSPS) is 10.1. The number of rotatable bonds is 4. The molecule has 0 saturated heterocycles. The second-order valence-corrected chi connectivity index (χ2v) is 2.52. The van der Waals surface area contributed by atoms with Crippen LogP contribution in [0.4, 0.5) is 0 Å². The lowest BCUT2D eigenvalue weighted by Gasteiger charge is -1.95. The molecule has 1 aromatic rings. The largest absolute Gasteiger partial charge is 0.328 e. The summed E-state index contributed by atoms with van der Waals surface area (Å²) in [6, 6.07) is 0. The fraction of sp³-hybridized carbons (Fsp3) is 0.500. The molecule has 0 saturated carbocycles. The van der Waals surface area contributed by atoms with Crippen LogP contribution in [0.15, 0.2) is 17.2 Å². The maximum Gasteiger partial charge on any atom is 0.328 e. The number of imidazole rings is 1. The Morgan fingerprint density at radius 2 is 2.08 bits per heavy atom. The highest BCUT2D eigenvalue weighted by Gasteiger charge is 1.99. The van der Waals surface area contributed by atoms with Crippen molar-refractivity contribution in [1.82, 2.24) is 9.13 Å². The lowest BCUT2D eigenvalue weighted by atomic mass is 10.5. The molecule has 0 aliphatic heterocycles. The van der Waals surface area contributed by atoms with Crippen LogP contribution in [0, 0.1) is 0 Å². The van der Waals surface area contributed by atoms with E-state index in [1.807, 2.05) is 6.92 Å². The maximum atomic E-state index is 11.3. The van der Waals surface area contributed by atoms with Gasteiger partial charge in [0.25, 0.3) is 0 Å². The molecule has 0 aliphatic rings. The van der Waals surface area contributed by atoms with E-state index in [0.29, 0.717) is 19.5 Å². The number of hydrogen-bond donors (Lipinski definition) is 0. The first-order valence-electron chi connectivity index (χ1n) is 3.98. The highest BCUT2D eigenvalue weighted by Crippen LogP contribution is 1.86. The monoisotopic (exact) mass is 168 g/mol. The van der Waals surface area contributed by atoms with Gasteiger partial charge in [0.05, 0.1) is 0 Å². The first-order chi connectivity index (χ1) is 5.79. The molecular formula is C8H12N2O2. The molecule has 1 aromatic heterocycles. The molecule has 1 heterocycles. The van der Waals surface area contributed by atoms with Crippen molar-refractivity contribution >= 4 is 6.29 Å². The summed E-state index contributed by atoms with van der Waals surface area (Å²) in [6.07, 6.45) is 4.64. The molecule has 0 spiro atoms. The zero-order chi connectivity index (χ0) is 8.97. The quantitative estimate of drug-likeness (QED) is 0.605. The lowest BCUT2D eigenvalue weighted by Crippen LogP contribution is -2.23. The van der Waals surface area contributed by atoms with Crippen molar-refractivity contribution in [1.29, 1.82) is 0 Å². The Morgan fingerprint density at radius 3 is 2.58 bits per heavy atom. The van der Waals surface area contributed by atoms with Gasteiger partial charge in [0.2, 0.25) is 0 Å². The zero-order valence-electron chi connectivity index (χ0n) is 7.06. The summed E-state index contributed by atoms with van der Waals surface area (Å²) in [6.45, 7) is 3.06. The van der Waals surface area contributed by atoms with Crippen LogP contribution < -0.4 is 5.69 Å². The van der Waals surface area contributed by atoms with Crippen LogP contribution in [0.3, 0.4) is 0 Å². The number of aromatic nitrogens is 2. The van der Waals surface area contributed by atoms with E-state index in [1.165, 1.54) is 4.57 Å². The molecule has 0 bridgehead atoms. The van der Waals surface area contributed by atoms with E-state index in [2.05, 4.69) is 0 Å². The SMILES string of the molecule is CCn1ccn(CCC=O)c1=O. The average Bonchev–Trinajstić information content (AvgIpc) is 2.43. The number of nitrogens with zero attached hydrogens (tertiary/aromatic N) is 2. The number of hydrogen-bond acceptors (Lipinski definition) is 2. The number of aldehydes is 1. The Hall–Kier alpha value is -1.32. The second-order valence-electron chi connectivity index (χ2n) is 2.52. The molecule has 1 rings (SSSR count). The van der Waals surface area contributed by atoms with E-state index in [0.717, 1.165) is 6.29 Å². The van der Waals surface area contributed by atoms with Gasteiger partial charge in [-0.25, -0.2) is 4.79 Å². The molecule has 0 atom stereocenters. The van der Waals surface area contributed by atoms with Gasteiger partial charge in [0, 0.05) is 31.9 Å². The number of carbonyl (C=O) groups excluding carboxylic acids is 1. The van der Waals surface area contributed by atoms with Crippen molar-refractivity contribution in [3.05, 3.63) is 22.9 Å². The van der Waals surface area contributed by atoms with E-state index in [1.54, 1.807) is 17.0 Å². The highest BCUT2D eigenvalue weighted by atomic mass is 16.1. The molecule has 4 heteroatoms. The topological polar surface area (TPSA) is 44.0 Å². The van der Waals surface area contributed by atoms with Gasteiger partial charge < -0.3 is 4.79 Å². The Morgan fingerprint density at radius 1 is 1.42 bits per heavy atom. The molecule has 0 unspecified atom stereocenters. The Bertz CT molecular complexity index is 311. The Labute approximate surface area is 70.4 Å². The molecule has 0 amide bonds. The third kappa shape index (κ3) is 1.64. The molecule has 0 N–H and O–H groups in total. The van der Waals surface area contributed by atoms with Crippen LogP contribution in [-0.4, -0.2) is 15.4 Å². The summed E-state index contributed by atoms with van der Waals surface area (Å²) in [5, 5.41) is 0. The van der Waals surface area contributed by atoms with E-state index in [4.69, 9.17) is 0 Å². The van der Waals surface area contributed by atoms with Crippen molar-refractivity contribution in [2.75, 3.05) is 0 Å². The average molecular weight is 168 g/mol. The Balaban J connectivity index is 2.80. The maximum absolute atomic E-state index is 11.3. The van der Waals surface area contributed by atoms with Crippen LogP contribution in [-0.2, 0) is 17.9 Å². The van der Waals surface area contributed by atoms with Crippen molar-refractivity contribution < 1.29 is 4.79 Å². The fourth-order valence-electron chi connectivity index (χ4n) is 1.06. The summed E-state index contributed by atoms with van der Waals surface area (Å²) >= 11 is 0. The van der Waals surface area contributed by atoms with E-state index in [-0.39, 0.29) is 5.69 Å². The smallest absolute Gasteiger partial charge is 0.303 e. The summed E-state index contributed by atoms with van der Waals surface area (Å²) in [7, 11) is 0. The van der Waals surface area contributed by atoms with Crippen molar-refractivity contribution in [3.8, 4) is 0 Å². The van der Waals surface area contributed by atoms with Gasteiger partial charge in [-0.2, -0.15) is 0 Å². The van der Waals surface area contributed by atoms with Gasteiger partial charge in [0.15, 0.2) is 0 Å². The van der Waals surface area contributed by atoms with E-state index in [9.17, 15) is 9.59 Å². The van der Waals surface area contributed by atoms with E-state index >= 15 is 0 Å². The molecule has 0 radical (unpaired) electrons. The standard InChI is InChI=1S/C8H12N2O2/c1-2-9-5-6-10(8(9)12)4-3-7-11/h5-7H,2-4H2,1H3. The van der Waals surface area contributed by atoms with Crippen molar-refractivity contribution in [2.24, 2.45) is 0 Å².